The highest BCUT2D eigenvalue weighted by Crippen LogP contribution is 2.32. The molecule has 2 aromatic rings. The Morgan fingerprint density at radius 2 is 1.84 bits per heavy atom. The molecule has 1 fully saturated rings. The summed E-state index contributed by atoms with van der Waals surface area (Å²) in [7, 11) is 0. The zero-order valence-corrected chi connectivity index (χ0v) is 15.2. The van der Waals surface area contributed by atoms with Gasteiger partial charge in [-0.3, -0.25) is 14.5 Å². The van der Waals surface area contributed by atoms with E-state index in [1.165, 1.54) is 16.7 Å². The van der Waals surface area contributed by atoms with Gasteiger partial charge in [0.25, 0.3) is 5.91 Å². The van der Waals surface area contributed by atoms with Crippen LogP contribution in [0.15, 0.2) is 59.5 Å². The average Bonchev–Trinajstić information content (AvgIpc) is 2.85. The summed E-state index contributed by atoms with van der Waals surface area (Å²) in [5, 5.41) is 2.78. The number of rotatable bonds is 4. The van der Waals surface area contributed by atoms with Crippen LogP contribution in [0, 0.1) is 6.92 Å². The highest BCUT2D eigenvalue weighted by atomic mass is 32.2. The van der Waals surface area contributed by atoms with E-state index in [0.717, 1.165) is 11.1 Å². The van der Waals surface area contributed by atoms with Crippen LogP contribution in [0.5, 0.6) is 0 Å². The minimum absolute atomic E-state index is 0.0926. The van der Waals surface area contributed by atoms with E-state index in [9.17, 15) is 9.59 Å². The Balaban J connectivity index is 1.67. The summed E-state index contributed by atoms with van der Waals surface area (Å²) in [6, 6.07) is 17.0. The van der Waals surface area contributed by atoms with Crippen molar-refractivity contribution in [2.24, 2.45) is 0 Å². The van der Waals surface area contributed by atoms with Crippen molar-refractivity contribution in [1.29, 1.82) is 0 Å². The van der Waals surface area contributed by atoms with Gasteiger partial charge in [0.1, 0.15) is 10.9 Å². The first kappa shape index (κ1) is 17.4. The lowest BCUT2D eigenvalue weighted by atomic mass is 10.2. The Morgan fingerprint density at radius 3 is 2.52 bits per heavy atom. The largest absolute Gasteiger partial charge is 0.325 e. The Hall–Kier alpha value is -2.44. The molecule has 1 N–H and O–H groups in total. The van der Waals surface area contributed by atoms with Crippen molar-refractivity contribution in [2.75, 3.05) is 11.9 Å². The summed E-state index contributed by atoms with van der Waals surface area (Å²) in [6.45, 7) is 1.88. The number of nitrogens with zero attached hydrogens (tertiary/aromatic N) is 1. The second-order valence-electron chi connectivity index (χ2n) is 5.59. The van der Waals surface area contributed by atoms with Crippen molar-refractivity contribution in [3.63, 3.8) is 0 Å². The van der Waals surface area contributed by atoms with Gasteiger partial charge in [-0.15, -0.1) is 0 Å². The molecule has 1 aliphatic rings. The lowest BCUT2D eigenvalue weighted by molar-refractivity contribution is -0.126. The zero-order valence-electron chi connectivity index (χ0n) is 13.6. The fourth-order valence-corrected chi connectivity index (χ4v) is 3.57. The minimum Gasteiger partial charge on any atom is -0.325 e. The first-order valence-electron chi connectivity index (χ1n) is 7.70. The number of nitrogens with one attached hydrogen (secondary N) is 1. The van der Waals surface area contributed by atoms with Crippen LogP contribution in [0.1, 0.15) is 11.1 Å². The van der Waals surface area contributed by atoms with Gasteiger partial charge >= 0.3 is 0 Å². The van der Waals surface area contributed by atoms with Gasteiger partial charge in [0, 0.05) is 5.69 Å². The van der Waals surface area contributed by atoms with Crippen LogP contribution < -0.4 is 5.32 Å². The number of anilines is 1. The molecular formula is C19H16N2O2S2. The number of amides is 2. The fourth-order valence-electron chi connectivity index (χ4n) is 2.32. The number of carbonyl (C=O) groups excluding carboxylic acids is 2. The van der Waals surface area contributed by atoms with E-state index in [-0.39, 0.29) is 18.4 Å². The molecule has 0 aromatic heterocycles. The number of aryl methyl sites for hydroxylation is 1. The van der Waals surface area contributed by atoms with Crippen LogP contribution in [0.2, 0.25) is 0 Å². The fraction of sp³-hybridized carbons (Fsp3) is 0.105. The molecule has 2 aromatic carbocycles. The van der Waals surface area contributed by atoms with Crippen molar-refractivity contribution in [3.8, 4) is 0 Å². The molecule has 0 spiro atoms. The van der Waals surface area contributed by atoms with Crippen molar-refractivity contribution in [1.82, 2.24) is 4.90 Å². The highest BCUT2D eigenvalue weighted by Gasteiger charge is 2.33. The molecule has 0 saturated carbocycles. The molecule has 0 bridgehead atoms. The van der Waals surface area contributed by atoms with E-state index in [2.05, 4.69) is 5.32 Å². The number of hydrogen-bond donors (Lipinski definition) is 1. The lowest BCUT2D eigenvalue weighted by Crippen LogP contribution is -2.36. The second kappa shape index (κ2) is 7.63. The number of benzene rings is 2. The topological polar surface area (TPSA) is 49.4 Å². The SMILES string of the molecule is Cc1ccc(NC(=O)CN2C(=O)/C(=C\c3ccccc3)SC2=S)cc1. The molecule has 3 rings (SSSR count). The quantitative estimate of drug-likeness (QED) is 0.658. The minimum atomic E-state index is -0.277. The smallest absolute Gasteiger partial charge is 0.266 e. The van der Waals surface area contributed by atoms with Crippen LogP contribution in [0.25, 0.3) is 6.08 Å². The molecule has 0 unspecified atom stereocenters. The summed E-state index contributed by atoms with van der Waals surface area (Å²) < 4.78 is 0.395. The predicted octanol–water partition coefficient (Wildman–Crippen LogP) is 3.83. The van der Waals surface area contributed by atoms with Gasteiger partial charge in [0.2, 0.25) is 5.91 Å². The maximum atomic E-state index is 12.5. The maximum Gasteiger partial charge on any atom is 0.266 e. The molecule has 1 aliphatic heterocycles. The van der Waals surface area contributed by atoms with Gasteiger partial charge in [0.15, 0.2) is 0 Å². The molecule has 2 amide bonds. The van der Waals surface area contributed by atoms with Gasteiger partial charge in [-0.1, -0.05) is 72.0 Å². The molecule has 4 nitrogen and oxygen atoms in total. The van der Waals surface area contributed by atoms with Crippen molar-refractivity contribution >= 4 is 51.9 Å². The van der Waals surface area contributed by atoms with E-state index in [4.69, 9.17) is 12.2 Å². The third-order valence-corrected chi connectivity index (χ3v) is 4.99. The molecule has 0 radical (unpaired) electrons. The third-order valence-electron chi connectivity index (χ3n) is 3.61. The van der Waals surface area contributed by atoms with E-state index in [1.54, 1.807) is 6.08 Å². The lowest BCUT2D eigenvalue weighted by Gasteiger charge is -2.14. The molecule has 126 valence electrons. The van der Waals surface area contributed by atoms with Crippen molar-refractivity contribution < 1.29 is 9.59 Å². The van der Waals surface area contributed by atoms with Gasteiger partial charge in [-0.2, -0.15) is 0 Å². The summed E-state index contributed by atoms with van der Waals surface area (Å²) >= 11 is 6.47. The summed E-state index contributed by atoms with van der Waals surface area (Å²) in [6.07, 6.45) is 1.79. The van der Waals surface area contributed by atoms with Crippen LogP contribution in [0.3, 0.4) is 0 Å². The Morgan fingerprint density at radius 1 is 1.16 bits per heavy atom. The maximum absolute atomic E-state index is 12.5. The molecule has 0 aliphatic carbocycles. The molecular weight excluding hydrogens is 352 g/mol. The van der Waals surface area contributed by atoms with E-state index in [1.807, 2.05) is 61.5 Å². The first-order chi connectivity index (χ1) is 12.0. The van der Waals surface area contributed by atoms with Crippen LogP contribution in [-0.4, -0.2) is 27.6 Å². The number of thiocarbonyl (C=S) groups is 1. The molecule has 25 heavy (non-hydrogen) atoms. The monoisotopic (exact) mass is 368 g/mol. The molecule has 1 heterocycles. The van der Waals surface area contributed by atoms with Gasteiger partial charge < -0.3 is 5.32 Å². The summed E-state index contributed by atoms with van der Waals surface area (Å²) in [5.41, 5.74) is 2.73. The molecule has 0 atom stereocenters. The molecule has 1 saturated heterocycles. The normalized spacial score (nSPS) is 15.7. The van der Waals surface area contributed by atoms with Crippen LogP contribution in [-0.2, 0) is 9.59 Å². The van der Waals surface area contributed by atoms with E-state index >= 15 is 0 Å². The standard InChI is InChI=1S/C19H16N2O2S2/c1-13-7-9-15(10-8-13)20-17(22)12-21-18(23)16(25-19(21)24)11-14-5-3-2-4-6-14/h2-11H,12H2,1H3,(H,20,22)/b16-11+. The summed E-state index contributed by atoms with van der Waals surface area (Å²) in [5.74, 6) is -0.515. The van der Waals surface area contributed by atoms with Crippen LogP contribution >= 0.6 is 24.0 Å². The Kier molecular flexibility index (Phi) is 5.31. The molecule has 6 heteroatoms. The van der Waals surface area contributed by atoms with Gasteiger partial charge in [-0.25, -0.2) is 0 Å². The average molecular weight is 368 g/mol. The van der Waals surface area contributed by atoms with E-state index < -0.39 is 0 Å². The van der Waals surface area contributed by atoms with E-state index in [0.29, 0.717) is 14.9 Å². The number of carbonyl (C=O) groups is 2. The van der Waals surface area contributed by atoms with Crippen molar-refractivity contribution in [3.05, 3.63) is 70.6 Å². The van der Waals surface area contributed by atoms with Crippen LogP contribution in [0.4, 0.5) is 5.69 Å². The number of thioether (sulfide) groups is 1. The van der Waals surface area contributed by atoms with Gasteiger partial charge in [0.05, 0.1) is 4.91 Å². The van der Waals surface area contributed by atoms with Crippen molar-refractivity contribution in [2.45, 2.75) is 6.92 Å². The third kappa shape index (κ3) is 4.35. The Labute approximate surface area is 155 Å². The summed E-state index contributed by atoms with van der Waals surface area (Å²) in [4.78, 5) is 26.6. The first-order valence-corrected chi connectivity index (χ1v) is 8.92. The van der Waals surface area contributed by atoms with Gasteiger partial charge in [-0.05, 0) is 30.7 Å². The second-order valence-corrected chi connectivity index (χ2v) is 7.27. The number of hydrogen-bond acceptors (Lipinski definition) is 4. The zero-order chi connectivity index (χ0) is 17.8. The highest BCUT2D eigenvalue weighted by molar-refractivity contribution is 8.26. The Bertz CT molecular complexity index is 845. The predicted molar refractivity (Wildman–Crippen MR) is 106 cm³/mol.